The Morgan fingerprint density at radius 1 is 0.818 bits per heavy atom. The Bertz CT molecular complexity index is 1160. The smallest absolute Gasteiger partial charge is 0.320 e. The normalized spacial score (nSPS) is 28.9. The van der Waals surface area contributed by atoms with Crippen molar-refractivity contribution in [3.8, 4) is 0 Å². The Kier molecular flexibility index (Phi) is 4.46. The summed E-state index contributed by atoms with van der Waals surface area (Å²) in [7, 11) is 0. The van der Waals surface area contributed by atoms with E-state index in [1.165, 1.54) is 0 Å². The van der Waals surface area contributed by atoms with E-state index in [0.29, 0.717) is 11.1 Å². The highest BCUT2D eigenvalue weighted by atomic mass is 16.6. The number of likely N-dealkylation sites (tertiary alicyclic amines) is 1. The van der Waals surface area contributed by atoms with Gasteiger partial charge in [-0.1, -0.05) is 73.4 Å². The van der Waals surface area contributed by atoms with E-state index in [2.05, 4.69) is 0 Å². The number of fused-ring (bicyclic) bond motifs is 3. The van der Waals surface area contributed by atoms with Crippen molar-refractivity contribution in [1.82, 2.24) is 4.90 Å². The molecule has 4 aliphatic rings. The first-order valence-corrected chi connectivity index (χ1v) is 11.8. The number of rotatable bonds is 2. The zero-order chi connectivity index (χ0) is 22.9. The number of carbonyl (C=O) groups excluding carboxylic acids is 4. The van der Waals surface area contributed by atoms with Crippen LogP contribution in [0.2, 0.25) is 0 Å². The molecule has 33 heavy (non-hydrogen) atoms. The van der Waals surface area contributed by atoms with E-state index in [9.17, 15) is 19.2 Å². The summed E-state index contributed by atoms with van der Waals surface area (Å²) in [5.74, 6) is -4.15. The predicted octanol–water partition coefficient (Wildman–Crippen LogP) is 3.82. The monoisotopic (exact) mass is 443 g/mol. The number of ether oxygens (including phenoxy) is 1. The Balaban J connectivity index is 1.62. The lowest BCUT2D eigenvalue weighted by molar-refractivity contribution is -0.156. The van der Waals surface area contributed by atoms with Gasteiger partial charge in [0.25, 0.3) is 0 Å². The second kappa shape index (κ2) is 7.19. The van der Waals surface area contributed by atoms with Crippen molar-refractivity contribution in [3.63, 3.8) is 0 Å². The number of esters is 2. The zero-order valence-corrected chi connectivity index (χ0v) is 18.5. The van der Waals surface area contributed by atoms with Crippen LogP contribution < -0.4 is 0 Å². The molecule has 2 saturated heterocycles. The number of aryl methyl sites for hydroxylation is 1. The predicted molar refractivity (Wildman–Crippen MR) is 119 cm³/mol. The van der Waals surface area contributed by atoms with Crippen molar-refractivity contribution in [1.29, 1.82) is 0 Å². The molecule has 2 aliphatic carbocycles. The maximum absolute atomic E-state index is 14.1. The highest BCUT2D eigenvalue weighted by Gasteiger charge is 2.77. The molecular weight excluding hydrogens is 418 g/mol. The largest absolute Gasteiger partial charge is 0.393 e. The lowest BCUT2D eigenvalue weighted by Crippen LogP contribution is -2.61. The van der Waals surface area contributed by atoms with Crippen LogP contribution >= 0.6 is 0 Å². The number of nitrogens with zero attached hydrogens (tertiary/aromatic N) is 1. The standard InChI is InChI=1S/C27H25NO5/c1-15-11-13-16(14-12-15)22-20-21(26(32)33-25(20)31)27(28(22)17-7-3-2-4-8-17)23(29)18-9-5-6-10-19(18)24(27)30/h5-6,9-14,17,20-22H,2-4,7-8H2,1H3/t20-,21+,22+/m1/s1. The van der Waals surface area contributed by atoms with Gasteiger partial charge in [0.15, 0.2) is 17.1 Å². The van der Waals surface area contributed by atoms with E-state index in [1.54, 1.807) is 24.3 Å². The topological polar surface area (TPSA) is 80.8 Å². The summed E-state index contributed by atoms with van der Waals surface area (Å²) in [5.41, 5.74) is 0.839. The maximum Gasteiger partial charge on any atom is 0.320 e. The maximum atomic E-state index is 14.1. The number of ketones is 2. The number of Topliss-reactive ketones (excluding diaryl/α,β-unsaturated/α-hetero) is 2. The minimum absolute atomic E-state index is 0.0709. The first-order valence-electron chi connectivity index (χ1n) is 11.8. The molecule has 3 fully saturated rings. The molecule has 3 atom stereocenters. The van der Waals surface area contributed by atoms with Crippen LogP contribution in [0.4, 0.5) is 0 Å². The van der Waals surface area contributed by atoms with Gasteiger partial charge in [-0.15, -0.1) is 0 Å². The second-order valence-electron chi connectivity index (χ2n) is 9.77. The Hall–Kier alpha value is -3.12. The minimum atomic E-state index is -1.73. The molecule has 0 N–H and O–H groups in total. The fraction of sp³-hybridized carbons (Fsp3) is 0.407. The van der Waals surface area contributed by atoms with Gasteiger partial charge in [-0.2, -0.15) is 0 Å². The first-order chi connectivity index (χ1) is 16.0. The summed E-state index contributed by atoms with van der Waals surface area (Å²) in [6.45, 7) is 1.98. The molecular formula is C27H25NO5. The molecule has 0 radical (unpaired) electrons. The van der Waals surface area contributed by atoms with Crippen LogP contribution in [0.25, 0.3) is 0 Å². The third kappa shape index (κ3) is 2.58. The van der Waals surface area contributed by atoms with Gasteiger partial charge in [-0.3, -0.25) is 24.1 Å². The molecule has 2 heterocycles. The molecule has 6 rings (SSSR count). The van der Waals surface area contributed by atoms with Crippen molar-refractivity contribution in [2.45, 2.75) is 56.7 Å². The molecule has 2 aromatic carbocycles. The van der Waals surface area contributed by atoms with E-state index >= 15 is 0 Å². The quantitative estimate of drug-likeness (QED) is 0.519. The molecule has 6 nitrogen and oxygen atoms in total. The number of benzene rings is 2. The summed E-state index contributed by atoms with van der Waals surface area (Å²) in [6, 6.07) is 13.9. The van der Waals surface area contributed by atoms with E-state index in [-0.39, 0.29) is 17.6 Å². The Labute approximate surface area is 191 Å². The molecule has 0 amide bonds. The lowest BCUT2D eigenvalue weighted by atomic mass is 9.75. The number of carbonyl (C=O) groups is 4. The number of cyclic esters (lactones) is 2. The molecule has 1 spiro atoms. The average Bonchev–Trinajstić information content (AvgIpc) is 3.39. The number of hydrogen-bond donors (Lipinski definition) is 0. The van der Waals surface area contributed by atoms with Crippen molar-refractivity contribution in [3.05, 3.63) is 70.8 Å². The lowest BCUT2D eigenvalue weighted by Gasteiger charge is -2.44. The SMILES string of the molecule is Cc1ccc([C@H]2[C@@H]3C(=O)OC(=O)[C@H]3C3(C(=O)c4ccccc4C3=O)N2C2CCCCC2)cc1. The first kappa shape index (κ1) is 20.5. The molecule has 0 aromatic heterocycles. The van der Waals surface area contributed by atoms with Gasteiger partial charge >= 0.3 is 11.9 Å². The van der Waals surface area contributed by atoms with Crippen molar-refractivity contribution in [2.24, 2.45) is 11.8 Å². The van der Waals surface area contributed by atoms with Gasteiger partial charge in [0, 0.05) is 17.2 Å². The van der Waals surface area contributed by atoms with Crippen molar-refractivity contribution >= 4 is 23.5 Å². The van der Waals surface area contributed by atoms with Crippen LogP contribution in [0, 0.1) is 18.8 Å². The van der Waals surface area contributed by atoms with Gasteiger partial charge < -0.3 is 4.74 Å². The number of hydrogen-bond acceptors (Lipinski definition) is 6. The average molecular weight is 443 g/mol. The van der Waals surface area contributed by atoms with Crippen LogP contribution in [-0.2, 0) is 14.3 Å². The van der Waals surface area contributed by atoms with Crippen LogP contribution in [0.15, 0.2) is 48.5 Å². The summed E-state index contributed by atoms with van der Waals surface area (Å²) in [5, 5.41) is 0. The van der Waals surface area contributed by atoms with Crippen molar-refractivity contribution < 1.29 is 23.9 Å². The third-order valence-electron chi connectivity index (χ3n) is 8.08. The third-order valence-corrected chi connectivity index (χ3v) is 8.08. The van der Waals surface area contributed by atoms with Gasteiger partial charge in [0.05, 0.1) is 12.0 Å². The summed E-state index contributed by atoms with van der Waals surface area (Å²) >= 11 is 0. The molecule has 0 unspecified atom stereocenters. The summed E-state index contributed by atoms with van der Waals surface area (Å²) in [6.07, 6.45) is 4.72. The molecule has 168 valence electrons. The van der Waals surface area contributed by atoms with Crippen molar-refractivity contribution in [2.75, 3.05) is 0 Å². The van der Waals surface area contributed by atoms with Gasteiger partial charge in [-0.25, -0.2) is 0 Å². The molecule has 2 aliphatic heterocycles. The second-order valence-corrected chi connectivity index (χ2v) is 9.77. The zero-order valence-electron chi connectivity index (χ0n) is 18.5. The minimum Gasteiger partial charge on any atom is -0.393 e. The fourth-order valence-corrected chi connectivity index (χ4v) is 6.72. The molecule has 0 bridgehead atoms. The van der Waals surface area contributed by atoms with Crippen LogP contribution in [0.5, 0.6) is 0 Å². The fourth-order valence-electron chi connectivity index (χ4n) is 6.72. The summed E-state index contributed by atoms with van der Waals surface area (Å²) < 4.78 is 5.11. The Morgan fingerprint density at radius 2 is 1.42 bits per heavy atom. The van der Waals surface area contributed by atoms with Gasteiger partial charge in [-0.05, 0) is 25.3 Å². The molecule has 6 heteroatoms. The van der Waals surface area contributed by atoms with Gasteiger partial charge in [0.1, 0.15) is 5.92 Å². The van der Waals surface area contributed by atoms with Crippen LogP contribution in [0.3, 0.4) is 0 Å². The highest BCUT2D eigenvalue weighted by molar-refractivity contribution is 6.35. The van der Waals surface area contributed by atoms with Crippen LogP contribution in [-0.4, -0.2) is 40.0 Å². The van der Waals surface area contributed by atoms with E-state index in [4.69, 9.17) is 4.74 Å². The Morgan fingerprint density at radius 3 is 2.03 bits per heavy atom. The summed E-state index contributed by atoms with van der Waals surface area (Å²) in [4.78, 5) is 56.5. The highest BCUT2D eigenvalue weighted by Crippen LogP contribution is 2.60. The molecule has 1 saturated carbocycles. The van der Waals surface area contributed by atoms with Crippen LogP contribution in [0.1, 0.15) is 70.0 Å². The van der Waals surface area contributed by atoms with Gasteiger partial charge in [0.2, 0.25) is 0 Å². The van der Waals surface area contributed by atoms with E-state index in [1.807, 2.05) is 36.1 Å². The van der Waals surface area contributed by atoms with E-state index < -0.39 is 35.4 Å². The molecule has 2 aromatic rings. The van der Waals surface area contributed by atoms with E-state index in [0.717, 1.165) is 43.2 Å².